The lowest BCUT2D eigenvalue weighted by molar-refractivity contribution is -0.121. The van der Waals surface area contributed by atoms with Crippen molar-refractivity contribution in [3.63, 3.8) is 0 Å². The van der Waals surface area contributed by atoms with Gasteiger partial charge in [-0.15, -0.1) is 0 Å². The summed E-state index contributed by atoms with van der Waals surface area (Å²) in [6, 6.07) is 4.43. The monoisotopic (exact) mass is 289 g/mol. The SMILES string of the molecule is Cc1nc2ccc(O)cc2c(=O)n1CC(=O)NCC(C)C. The number of phenolic OH excluding ortho intramolecular Hbond substituents is 1. The van der Waals surface area contributed by atoms with E-state index in [-0.39, 0.29) is 23.8 Å². The molecule has 0 spiro atoms. The van der Waals surface area contributed by atoms with E-state index in [0.29, 0.717) is 29.2 Å². The van der Waals surface area contributed by atoms with Gasteiger partial charge < -0.3 is 10.4 Å². The number of amides is 1. The number of phenols is 1. The Morgan fingerprint density at radius 3 is 2.81 bits per heavy atom. The van der Waals surface area contributed by atoms with Crippen LogP contribution in [0.5, 0.6) is 5.75 Å². The predicted octanol–water partition coefficient (Wildman–Crippen LogP) is 1.18. The highest BCUT2D eigenvalue weighted by atomic mass is 16.3. The smallest absolute Gasteiger partial charge is 0.261 e. The van der Waals surface area contributed by atoms with E-state index >= 15 is 0 Å². The number of hydrogen-bond acceptors (Lipinski definition) is 4. The summed E-state index contributed by atoms with van der Waals surface area (Å²) in [6.07, 6.45) is 0. The number of carbonyl (C=O) groups is 1. The molecule has 21 heavy (non-hydrogen) atoms. The number of aromatic hydroxyl groups is 1. The van der Waals surface area contributed by atoms with Gasteiger partial charge in [-0.05, 0) is 31.0 Å². The molecule has 6 nitrogen and oxygen atoms in total. The Balaban J connectivity index is 2.35. The first-order chi connectivity index (χ1) is 9.88. The van der Waals surface area contributed by atoms with Crippen molar-refractivity contribution in [2.75, 3.05) is 6.54 Å². The summed E-state index contributed by atoms with van der Waals surface area (Å²) < 4.78 is 1.32. The summed E-state index contributed by atoms with van der Waals surface area (Å²) in [6.45, 7) is 6.17. The van der Waals surface area contributed by atoms with Crippen molar-refractivity contribution in [3.05, 3.63) is 34.4 Å². The maximum Gasteiger partial charge on any atom is 0.261 e. The molecule has 1 aromatic carbocycles. The predicted molar refractivity (Wildman–Crippen MR) is 80.3 cm³/mol. The van der Waals surface area contributed by atoms with E-state index in [9.17, 15) is 14.7 Å². The van der Waals surface area contributed by atoms with E-state index in [4.69, 9.17) is 0 Å². The molecule has 0 saturated carbocycles. The van der Waals surface area contributed by atoms with Crippen LogP contribution in [0, 0.1) is 12.8 Å². The van der Waals surface area contributed by atoms with Crippen LogP contribution in [0.4, 0.5) is 0 Å². The van der Waals surface area contributed by atoms with Crippen molar-refractivity contribution in [2.45, 2.75) is 27.3 Å². The molecular weight excluding hydrogens is 270 g/mol. The van der Waals surface area contributed by atoms with Crippen LogP contribution in [-0.4, -0.2) is 27.1 Å². The first-order valence-corrected chi connectivity index (χ1v) is 6.85. The van der Waals surface area contributed by atoms with Crippen molar-refractivity contribution in [2.24, 2.45) is 5.92 Å². The molecule has 0 unspecified atom stereocenters. The lowest BCUT2D eigenvalue weighted by Crippen LogP contribution is -2.35. The van der Waals surface area contributed by atoms with Crippen molar-refractivity contribution < 1.29 is 9.90 Å². The first-order valence-electron chi connectivity index (χ1n) is 6.85. The third kappa shape index (κ3) is 3.39. The maximum atomic E-state index is 12.4. The number of rotatable bonds is 4. The van der Waals surface area contributed by atoms with Crippen molar-refractivity contribution in [1.29, 1.82) is 0 Å². The molecule has 0 bridgehead atoms. The fourth-order valence-corrected chi connectivity index (χ4v) is 2.02. The summed E-state index contributed by atoms with van der Waals surface area (Å²) in [5.74, 6) is 0.590. The highest BCUT2D eigenvalue weighted by molar-refractivity contribution is 5.80. The number of nitrogens with one attached hydrogen (secondary N) is 1. The molecule has 2 rings (SSSR count). The van der Waals surface area contributed by atoms with Crippen LogP contribution in [0.15, 0.2) is 23.0 Å². The Hall–Kier alpha value is -2.37. The van der Waals surface area contributed by atoms with Gasteiger partial charge in [-0.3, -0.25) is 14.2 Å². The van der Waals surface area contributed by atoms with Crippen molar-refractivity contribution >= 4 is 16.8 Å². The summed E-state index contributed by atoms with van der Waals surface area (Å²) in [5.41, 5.74) is 0.183. The summed E-state index contributed by atoms with van der Waals surface area (Å²) in [7, 11) is 0. The van der Waals surface area contributed by atoms with Crippen LogP contribution >= 0.6 is 0 Å². The number of aryl methyl sites for hydroxylation is 1. The lowest BCUT2D eigenvalue weighted by Gasteiger charge is -2.12. The van der Waals surface area contributed by atoms with Crippen LogP contribution in [0.25, 0.3) is 10.9 Å². The van der Waals surface area contributed by atoms with E-state index in [2.05, 4.69) is 10.3 Å². The third-order valence-corrected chi connectivity index (χ3v) is 3.14. The molecular formula is C15H19N3O3. The molecule has 0 aliphatic carbocycles. The Kier molecular flexibility index (Phi) is 4.26. The Morgan fingerprint density at radius 2 is 2.14 bits per heavy atom. The van der Waals surface area contributed by atoms with Gasteiger partial charge in [-0.1, -0.05) is 13.8 Å². The maximum absolute atomic E-state index is 12.4. The van der Waals surface area contributed by atoms with Crippen LogP contribution in [0.1, 0.15) is 19.7 Å². The molecule has 0 radical (unpaired) electrons. The highest BCUT2D eigenvalue weighted by Crippen LogP contribution is 2.15. The quantitative estimate of drug-likeness (QED) is 0.885. The number of fused-ring (bicyclic) bond motifs is 1. The number of nitrogens with zero attached hydrogens (tertiary/aromatic N) is 2. The number of aromatic nitrogens is 2. The zero-order valence-electron chi connectivity index (χ0n) is 12.4. The number of benzene rings is 1. The van der Waals surface area contributed by atoms with Gasteiger partial charge in [0.25, 0.3) is 5.56 Å². The van der Waals surface area contributed by atoms with Crippen molar-refractivity contribution in [1.82, 2.24) is 14.9 Å². The second-order valence-corrected chi connectivity index (χ2v) is 5.45. The molecule has 0 fully saturated rings. The normalized spacial score (nSPS) is 11.0. The molecule has 6 heteroatoms. The van der Waals surface area contributed by atoms with Crippen molar-refractivity contribution in [3.8, 4) is 5.75 Å². The van der Waals surface area contributed by atoms with E-state index in [1.165, 1.54) is 16.7 Å². The fourth-order valence-electron chi connectivity index (χ4n) is 2.02. The zero-order chi connectivity index (χ0) is 15.6. The Labute approximate surface area is 122 Å². The van der Waals surface area contributed by atoms with Crippen LogP contribution in [-0.2, 0) is 11.3 Å². The van der Waals surface area contributed by atoms with Crippen LogP contribution in [0.3, 0.4) is 0 Å². The molecule has 0 saturated heterocycles. The fraction of sp³-hybridized carbons (Fsp3) is 0.400. The number of carbonyl (C=O) groups excluding carboxylic acids is 1. The third-order valence-electron chi connectivity index (χ3n) is 3.14. The van der Waals surface area contributed by atoms with E-state index < -0.39 is 0 Å². The highest BCUT2D eigenvalue weighted by Gasteiger charge is 2.12. The first kappa shape index (κ1) is 15.0. The minimum Gasteiger partial charge on any atom is -0.508 e. The molecule has 1 heterocycles. The lowest BCUT2D eigenvalue weighted by atomic mass is 10.2. The summed E-state index contributed by atoms with van der Waals surface area (Å²) in [4.78, 5) is 28.6. The molecule has 1 aromatic heterocycles. The largest absolute Gasteiger partial charge is 0.508 e. The molecule has 112 valence electrons. The molecule has 0 aliphatic heterocycles. The Bertz CT molecular complexity index is 735. The van der Waals surface area contributed by atoms with E-state index in [1.54, 1.807) is 13.0 Å². The second kappa shape index (κ2) is 5.95. The van der Waals surface area contributed by atoms with E-state index in [0.717, 1.165) is 0 Å². The average molecular weight is 289 g/mol. The standard InChI is InChI=1S/C15H19N3O3/c1-9(2)7-16-14(20)8-18-10(3)17-13-5-4-11(19)6-12(13)15(18)21/h4-6,9,19H,7-8H2,1-3H3,(H,16,20). The number of hydrogen-bond donors (Lipinski definition) is 2. The van der Waals surface area contributed by atoms with E-state index in [1.807, 2.05) is 13.8 Å². The molecule has 2 N–H and O–H groups in total. The summed E-state index contributed by atoms with van der Waals surface area (Å²) >= 11 is 0. The van der Waals surface area contributed by atoms with Gasteiger partial charge in [0, 0.05) is 6.54 Å². The molecule has 0 atom stereocenters. The van der Waals surface area contributed by atoms with Gasteiger partial charge >= 0.3 is 0 Å². The summed E-state index contributed by atoms with van der Waals surface area (Å²) in [5, 5.41) is 12.6. The zero-order valence-corrected chi connectivity index (χ0v) is 12.4. The average Bonchev–Trinajstić information content (AvgIpc) is 2.42. The molecule has 1 amide bonds. The second-order valence-electron chi connectivity index (χ2n) is 5.45. The Morgan fingerprint density at radius 1 is 1.43 bits per heavy atom. The minimum atomic E-state index is -0.326. The minimum absolute atomic E-state index is 0.000984. The van der Waals surface area contributed by atoms with Gasteiger partial charge in [0.1, 0.15) is 18.1 Å². The molecule has 2 aromatic rings. The van der Waals surface area contributed by atoms with Gasteiger partial charge in [0.05, 0.1) is 10.9 Å². The van der Waals surface area contributed by atoms with Gasteiger partial charge in [0.2, 0.25) is 5.91 Å². The topological polar surface area (TPSA) is 84.2 Å². The van der Waals surface area contributed by atoms with Crippen LogP contribution < -0.4 is 10.9 Å². The van der Waals surface area contributed by atoms with Gasteiger partial charge in [-0.2, -0.15) is 0 Å². The van der Waals surface area contributed by atoms with Gasteiger partial charge in [-0.25, -0.2) is 4.98 Å². The molecule has 0 aliphatic rings. The van der Waals surface area contributed by atoms with Crippen LogP contribution in [0.2, 0.25) is 0 Å². The van der Waals surface area contributed by atoms with Gasteiger partial charge in [0.15, 0.2) is 0 Å².